The third-order valence-electron chi connectivity index (χ3n) is 3.34. The largest absolute Gasteiger partial charge is 0.480 e. The van der Waals surface area contributed by atoms with Crippen molar-refractivity contribution < 1.29 is 19.4 Å². The van der Waals surface area contributed by atoms with Gasteiger partial charge in [-0.05, 0) is 40.0 Å². The molecule has 104 valence electrons. The van der Waals surface area contributed by atoms with E-state index in [1.54, 1.807) is 0 Å². The molecule has 1 fully saturated rings. The maximum Gasteiger partial charge on any atom is 0.320 e. The number of carboxylic acids is 1. The van der Waals surface area contributed by atoms with E-state index in [-0.39, 0.29) is 30.5 Å². The van der Waals surface area contributed by atoms with Crippen LogP contribution in [0.25, 0.3) is 0 Å². The van der Waals surface area contributed by atoms with Crippen molar-refractivity contribution in [3.05, 3.63) is 0 Å². The summed E-state index contributed by atoms with van der Waals surface area (Å²) in [7, 11) is 0. The van der Waals surface area contributed by atoms with Gasteiger partial charge in [-0.25, -0.2) is 0 Å². The van der Waals surface area contributed by atoms with Gasteiger partial charge in [0.05, 0.1) is 0 Å². The Morgan fingerprint density at radius 1 is 1.39 bits per heavy atom. The van der Waals surface area contributed by atoms with Gasteiger partial charge in [0.2, 0.25) is 0 Å². The SMILES string of the molecule is CC(=O)COCC[C@@H]1CC[C@@H](C(=O)O)N1C(C)C. The first-order valence-electron chi connectivity index (χ1n) is 6.51. The molecule has 0 aromatic carbocycles. The van der Waals surface area contributed by atoms with E-state index in [2.05, 4.69) is 4.90 Å². The van der Waals surface area contributed by atoms with Gasteiger partial charge < -0.3 is 9.84 Å². The van der Waals surface area contributed by atoms with Crippen LogP contribution >= 0.6 is 0 Å². The van der Waals surface area contributed by atoms with Gasteiger partial charge in [0.25, 0.3) is 0 Å². The summed E-state index contributed by atoms with van der Waals surface area (Å²) in [6.45, 7) is 6.20. The normalized spacial score (nSPS) is 24.7. The molecule has 0 saturated carbocycles. The molecule has 0 aliphatic carbocycles. The first-order chi connectivity index (χ1) is 8.43. The molecule has 0 amide bonds. The van der Waals surface area contributed by atoms with Crippen LogP contribution < -0.4 is 0 Å². The zero-order chi connectivity index (χ0) is 13.7. The van der Waals surface area contributed by atoms with E-state index in [1.165, 1.54) is 6.92 Å². The highest BCUT2D eigenvalue weighted by molar-refractivity contribution is 5.76. The Morgan fingerprint density at radius 2 is 2.06 bits per heavy atom. The van der Waals surface area contributed by atoms with Crippen molar-refractivity contribution in [3.63, 3.8) is 0 Å². The summed E-state index contributed by atoms with van der Waals surface area (Å²) in [6, 6.07) is 0.0901. The second kappa shape index (κ2) is 6.85. The topological polar surface area (TPSA) is 66.8 Å². The Kier molecular flexibility index (Phi) is 5.75. The smallest absolute Gasteiger partial charge is 0.320 e. The van der Waals surface area contributed by atoms with Gasteiger partial charge in [-0.15, -0.1) is 0 Å². The fraction of sp³-hybridized carbons (Fsp3) is 0.846. The summed E-state index contributed by atoms with van der Waals surface area (Å²) in [6.07, 6.45) is 2.37. The Hall–Kier alpha value is -0.940. The highest BCUT2D eigenvalue weighted by Gasteiger charge is 2.38. The van der Waals surface area contributed by atoms with Gasteiger partial charge >= 0.3 is 5.97 Å². The van der Waals surface area contributed by atoms with Crippen LogP contribution in [0.15, 0.2) is 0 Å². The van der Waals surface area contributed by atoms with E-state index >= 15 is 0 Å². The molecule has 1 rings (SSSR count). The first kappa shape index (κ1) is 15.1. The number of carbonyl (C=O) groups is 2. The molecule has 18 heavy (non-hydrogen) atoms. The maximum atomic E-state index is 11.2. The van der Waals surface area contributed by atoms with E-state index in [9.17, 15) is 14.7 Å². The van der Waals surface area contributed by atoms with Crippen molar-refractivity contribution in [2.75, 3.05) is 13.2 Å². The van der Waals surface area contributed by atoms with Crippen LogP contribution in [0.5, 0.6) is 0 Å². The number of Topliss-reactive ketones (excluding diaryl/α,β-unsaturated/α-hetero) is 1. The average molecular weight is 257 g/mol. The number of rotatable bonds is 7. The monoisotopic (exact) mass is 257 g/mol. The number of hydrogen-bond acceptors (Lipinski definition) is 4. The molecule has 0 spiro atoms. The van der Waals surface area contributed by atoms with Gasteiger partial charge in [0.15, 0.2) is 5.78 Å². The number of carboxylic acid groups (broad SMARTS) is 1. The lowest BCUT2D eigenvalue weighted by Crippen LogP contribution is -2.45. The summed E-state index contributed by atoms with van der Waals surface area (Å²) < 4.78 is 5.26. The standard InChI is InChI=1S/C13H23NO4/c1-9(2)14-11(4-5-12(14)13(16)17)6-7-18-8-10(3)15/h9,11-12H,4-8H2,1-3H3,(H,16,17)/t11-,12-/m0/s1. The molecule has 0 unspecified atom stereocenters. The van der Waals surface area contributed by atoms with Gasteiger partial charge in [-0.3, -0.25) is 14.5 Å². The summed E-state index contributed by atoms with van der Waals surface area (Å²) in [5, 5.41) is 9.18. The van der Waals surface area contributed by atoms with Crippen molar-refractivity contribution >= 4 is 11.8 Å². The molecule has 0 aromatic heterocycles. The number of aliphatic carboxylic acids is 1. The highest BCUT2D eigenvalue weighted by atomic mass is 16.5. The molecule has 2 atom stereocenters. The lowest BCUT2D eigenvalue weighted by atomic mass is 10.1. The summed E-state index contributed by atoms with van der Waals surface area (Å²) in [4.78, 5) is 24.0. The number of hydrogen-bond donors (Lipinski definition) is 1. The van der Waals surface area contributed by atoms with Crippen LogP contribution in [0.1, 0.15) is 40.0 Å². The molecular weight excluding hydrogens is 234 g/mol. The average Bonchev–Trinajstić information content (AvgIpc) is 2.67. The van der Waals surface area contributed by atoms with Crippen molar-refractivity contribution in [3.8, 4) is 0 Å². The third-order valence-corrected chi connectivity index (χ3v) is 3.34. The van der Waals surface area contributed by atoms with Crippen LogP contribution in [0.2, 0.25) is 0 Å². The molecule has 5 heteroatoms. The van der Waals surface area contributed by atoms with Gasteiger partial charge in [0, 0.05) is 18.7 Å². The zero-order valence-electron chi connectivity index (χ0n) is 11.4. The highest BCUT2D eigenvalue weighted by Crippen LogP contribution is 2.28. The number of nitrogens with zero attached hydrogens (tertiary/aromatic N) is 1. The quantitative estimate of drug-likeness (QED) is 0.696. The Bertz CT molecular complexity index is 303. The Labute approximate surface area is 108 Å². The summed E-state index contributed by atoms with van der Waals surface area (Å²) in [5.74, 6) is -0.721. The summed E-state index contributed by atoms with van der Waals surface area (Å²) >= 11 is 0. The van der Waals surface area contributed by atoms with Crippen LogP contribution in [0.3, 0.4) is 0 Å². The molecule has 1 heterocycles. The summed E-state index contributed by atoms with van der Waals surface area (Å²) in [5.41, 5.74) is 0. The number of likely N-dealkylation sites (tertiary alicyclic amines) is 1. The van der Waals surface area contributed by atoms with E-state index in [0.717, 1.165) is 12.8 Å². The second-order valence-corrected chi connectivity index (χ2v) is 5.17. The first-order valence-corrected chi connectivity index (χ1v) is 6.51. The van der Waals surface area contributed by atoms with E-state index in [1.807, 2.05) is 13.8 Å². The van der Waals surface area contributed by atoms with E-state index in [0.29, 0.717) is 13.0 Å². The lowest BCUT2D eigenvalue weighted by molar-refractivity contribution is -0.143. The zero-order valence-corrected chi connectivity index (χ0v) is 11.4. The predicted molar refractivity (Wildman–Crippen MR) is 67.5 cm³/mol. The van der Waals surface area contributed by atoms with Crippen LogP contribution in [0, 0.1) is 0 Å². The lowest BCUT2D eigenvalue weighted by Gasteiger charge is -2.31. The van der Waals surface area contributed by atoms with Crippen molar-refractivity contribution in [1.29, 1.82) is 0 Å². The van der Waals surface area contributed by atoms with Gasteiger partial charge in [0.1, 0.15) is 12.6 Å². The molecule has 0 radical (unpaired) electrons. The second-order valence-electron chi connectivity index (χ2n) is 5.17. The van der Waals surface area contributed by atoms with Gasteiger partial charge in [-0.2, -0.15) is 0 Å². The third kappa shape index (κ3) is 4.07. The Morgan fingerprint density at radius 3 is 2.56 bits per heavy atom. The molecule has 1 N–H and O–H groups in total. The molecule has 0 aromatic rings. The fourth-order valence-electron chi connectivity index (χ4n) is 2.66. The van der Waals surface area contributed by atoms with E-state index in [4.69, 9.17) is 4.74 Å². The van der Waals surface area contributed by atoms with Crippen molar-refractivity contribution in [1.82, 2.24) is 4.90 Å². The molecule has 1 aliphatic rings. The number of carbonyl (C=O) groups excluding carboxylic acids is 1. The van der Waals surface area contributed by atoms with Crippen LogP contribution in [-0.4, -0.2) is 53.1 Å². The van der Waals surface area contributed by atoms with E-state index < -0.39 is 5.97 Å². The molecule has 5 nitrogen and oxygen atoms in total. The van der Waals surface area contributed by atoms with Crippen molar-refractivity contribution in [2.24, 2.45) is 0 Å². The predicted octanol–water partition coefficient (Wildman–Crippen LogP) is 1.31. The molecule has 1 aliphatic heterocycles. The number of ketones is 1. The number of ether oxygens (including phenoxy) is 1. The minimum atomic E-state index is -0.740. The van der Waals surface area contributed by atoms with Crippen LogP contribution in [0.4, 0.5) is 0 Å². The van der Waals surface area contributed by atoms with Gasteiger partial charge in [-0.1, -0.05) is 0 Å². The minimum absolute atomic E-state index is 0.0190. The minimum Gasteiger partial charge on any atom is -0.480 e. The molecule has 1 saturated heterocycles. The van der Waals surface area contributed by atoms with Crippen molar-refractivity contribution in [2.45, 2.75) is 58.2 Å². The Balaban J connectivity index is 2.45. The molecular formula is C13H23NO4. The fourth-order valence-corrected chi connectivity index (χ4v) is 2.66. The maximum absolute atomic E-state index is 11.2. The molecule has 0 bridgehead atoms. The van der Waals surface area contributed by atoms with Crippen LogP contribution in [-0.2, 0) is 14.3 Å².